The third-order valence-corrected chi connectivity index (χ3v) is 6.97. The number of nitrogens with zero attached hydrogens (tertiary/aromatic N) is 1. The van der Waals surface area contributed by atoms with Crippen molar-refractivity contribution in [2.24, 2.45) is 5.92 Å². The lowest BCUT2D eigenvalue weighted by atomic mass is 10.0. The number of thioether (sulfide) groups is 1. The highest BCUT2D eigenvalue weighted by Gasteiger charge is 2.44. The fourth-order valence-corrected chi connectivity index (χ4v) is 5.19. The number of benzene rings is 1. The number of nitrogens with one attached hydrogen (secondary N) is 2. The first kappa shape index (κ1) is 19.7. The molecule has 1 atom stereocenters. The molecule has 2 heterocycles. The van der Waals surface area contributed by atoms with E-state index in [1.165, 1.54) is 0 Å². The Morgan fingerprint density at radius 1 is 1.38 bits per heavy atom. The molecular weight excluding hydrogens is 414 g/mol. The van der Waals surface area contributed by atoms with E-state index in [0.29, 0.717) is 31.1 Å². The van der Waals surface area contributed by atoms with Crippen LogP contribution in [0.5, 0.6) is 0 Å². The highest BCUT2D eigenvalue weighted by Crippen LogP contribution is 2.39. The van der Waals surface area contributed by atoms with Crippen LogP contribution in [0.25, 0.3) is 0 Å². The van der Waals surface area contributed by atoms with Crippen LogP contribution >= 0.6 is 27.7 Å². The summed E-state index contributed by atoms with van der Waals surface area (Å²) in [6, 6.07) is 7.40. The van der Waals surface area contributed by atoms with Crippen molar-refractivity contribution in [3.05, 3.63) is 34.3 Å². The van der Waals surface area contributed by atoms with Gasteiger partial charge < -0.3 is 10.2 Å². The van der Waals surface area contributed by atoms with Crippen LogP contribution in [0.1, 0.15) is 37.0 Å². The number of piperidine rings is 1. The molecule has 2 N–H and O–H groups in total. The standard InChI is InChI=1S/C19H26BrN3O2S/c1-13(2)11-21-17(24)16-12-26-19(22-16)6-8-23(9-7-19)18(25)14-4-3-5-15(20)10-14/h3-5,10,13,16,22H,6-9,11-12H2,1-2H3,(H,21,24). The Labute approximate surface area is 167 Å². The van der Waals surface area contributed by atoms with E-state index in [9.17, 15) is 9.59 Å². The summed E-state index contributed by atoms with van der Waals surface area (Å²) >= 11 is 5.25. The van der Waals surface area contributed by atoms with E-state index in [-0.39, 0.29) is 22.7 Å². The lowest BCUT2D eigenvalue weighted by molar-refractivity contribution is -0.122. The summed E-state index contributed by atoms with van der Waals surface area (Å²) in [5.41, 5.74) is 0.716. The first-order chi connectivity index (χ1) is 12.4. The van der Waals surface area contributed by atoms with Crippen LogP contribution in [-0.2, 0) is 4.79 Å². The summed E-state index contributed by atoms with van der Waals surface area (Å²) in [6.45, 7) is 6.33. The van der Waals surface area contributed by atoms with E-state index in [1.54, 1.807) is 0 Å². The largest absolute Gasteiger partial charge is 0.354 e. The maximum absolute atomic E-state index is 12.7. The molecule has 142 valence electrons. The van der Waals surface area contributed by atoms with Gasteiger partial charge in [-0.05, 0) is 37.0 Å². The summed E-state index contributed by atoms with van der Waals surface area (Å²) in [4.78, 5) is 26.8. The summed E-state index contributed by atoms with van der Waals surface area (Å²) < 4.78 is 0.917. The molecule has 0 aliphatic carbocycles. The number of carbonyl (C=O) groups is 2. The zero-order valence-corrected chi connectivity index (χ0v) is 17.7. The molecule has 0 aromatic heterocycles. The second-order valence-corrected chi connectivity index (χ2v) is 9.76. The minimum absolute atomic E-state index is 0.0755. The summed E-state index contributed by atoms with van der Waals surface area (Å²) in [5.74, 6) is 1.42. The Balaban J connectivity index is 1.53. The molecule has 2 saturated heterocycles. The minimum Gasteiger partial charge on any atom is -0.354 e. The fraction of sp³-hybridized carbons (Fsp3) is 0.579. The van der Waals surface area contributed by atoms with E-state index in [2.05, 4.69) is 40.4 Å². The van der Waals surface area contributed by atoms with Gasteiger partial charge >= 0.3 is 0 Å². The van der Waals surface area contributed by atoms with E-state index >= 15 is 0 Å². The summed E-state index contributed by atoms with van der Waals surface area (Å²) in [6.07, 6.45) is 1.73. The van der Waals surface area contributed by atoms with Gasteiger partial charge in [-0.25, -0.2) is 0 Å². The van der Waals surface area contributed by atoms with Gasteiger partial charge in [-0.15, -0.1) is 11.8 Å². The predicted octanol–water partition coefficient (Wildman–Crippen LogP) is 2.86. The molecule has 1 spiro atoms. The fourth-order valence-electron chi connectivity index (χ4n) is 3.38. The normalized spacial score (nSPS) is 22.0. The maximum atomic E-state index is 12.7. The molecule has 2 fully saturated rings. The second kappa shape index (κ2) is 8.31. The Kier molecular flexibility index (Phi) is 6.30. The average molecular weight is 440 g/mol. The Hall–Kier alpha value is -1.05. The smallest absolute Gasteiger partial charge is 0.253 e. The number of amides is 2. The van der Waals surface area contributed by atoms with Crippen LogP contribution in [0.3, 0.4) is 0 Å². The van der Waals surface area contributed by atoms with Crippen LogP contribution in [0, 0.1) is 5.92 Å². The zero-order valence-electron chi connectivity index (χ0n) is 15.3. The number of halogens is 1. The number of hydrogen-bond acceptors (Lipinski definition) is 4. The van der Waals surface area contributed by atoms with Crippen molar-refractivity contribution in [2.45, 2.75) is 37.6 Å². The highest BCUT2D eigenvalue weighted by atomic mass is 79.9. The van der Waals surface area contributed by atoms with Crippen molar-refractivity contribution in [1.82, 2.24) is 15.5 Å². The van der Waals surface area contributed by atoms with Crippen molar-refractivity contribution in [3.63, 3.8) is 0 Å². The molecule has 0 bridgehead atoms. The Morgan fingerprint density at radius 2 is 2.12 bits per heavy atom. The van der Waals surface area contributed by atoms with Crippen LogP contribution in [0.15, 0.2) is 28.7 Å². The molecule has 3 rings (SSSR count). The van der Waals surface area contributed by atoms with Gasteiger partial charge in [0.1, 0.15) is 0 Å². The van der Waals surface area contributed by atoms with Gasteiger partial charge in [-0.3, -0.25) is 14.9 Å². The highest BCUT2D eigenvalue weighted by molar-refractivity contribution is 9.10. The van der Waals surface area contributed by atoms with Gasteiger partial charge in [-0.1, -0.05) is 35.8 Å². The van der Waals surface area contributed by atoms with Gasteiger partial charge in [-0.2, -0.15) is 0 Å². The third-order valence-electron chi connectivity index (χ3n) is 4.89. The monoisotopic (exact) mass is 439 g/mol. The molecule has 7 heteroatoms. The van der Waals surface area contributed by atoms with Crippen LogP contribution in [0.4, 0.5) is 0 Å². The van der Waals surface area contributed by atoms with Gasteiger partial charge in [0.15, 0.2) is 0 Å². The molecule has 2 aliphatic heterocycles. The molecule has 2 amide bonds. The van der Waals surface area contributed by atoms with Gasteiger partial charge in [0.2, 0.25) is 5.91 Å². The minimum atomic E-state index is -0.133. The Morgan fingerprint density at radius 3 is 2.77 bits per heavy atom. The summed E-state index contributed by atoms with van der Waals surface area (Å²) in [7, 11) is 0. The maximum Gasteiger partial charge on any atom is 0.253 e. The van der Waals surface area contributed by atoms with Crippen molar-refractivity contribution >= 4 is 39.5 Å². The lowest BCUT2D eigenvalue weighted by Crippen LogP contribution is -2.54. The molecular formula is C19H26BrN3O2S. The zero-order chi connectivity index (χ0) is 18.7. The SMILES string of the molecule is CC(C)CNC(=O)C1CSC2(CCN(C(=O)c3cccc(Br)c3)CC2)N1. The van der Waals surface area contributed by atoms with Crippen molar-refractivity contribution < 1.29 is 9.59 Å². The van der Waals surface area contributed by atoms with Crippen LogP contribution < -0.4 is 10.6 Å². The van der Waals surface area contributed by atoms with Crippen molar-refractivity contribution in [2.75, 3.05) is 25.4 Å². The first-order valence-electron chi connectivity index (χ1n) is 9.13. The van der Waals surface area contributed by atoms with Crippen LogP contribution in [0.2, 0.25) is 0 Å². The van der Waals surface area contributed by atoms with Gasteiger partial charge in [0, 0.05) is 35.4 Å². The lowest BCUT2D eigenvalue weighted by Gasteiger charge is -2.39. The quantitative estimate of drug-likeness (QED) is 0.756. The number of carbonyl (C=O) groups excluding carboxylic acids is 2. The molecule has 1 unspecified atom stereocenters. The topological polar surface area (TPSA) is 61.4 Å². The predicted molar refractivity (Wildman–Crippen MR) is 109 cm³/mol. The molecule has 2 aliphatic rings. The Bertz CT molecular complexity index is 675. The van der Waals surface area contributed by atoms with Gasteiger partial charge in [0.05, 0.1) is 10.9 Å². The first-order valence-corrected chi connectivity index (χ1v) is 10.9. The third kappa shape index (κ3) is 4.61. The van der Waals surface area contributed by atoms with Crippen molar-refractivity contribution in [1.29, 1.82) is 0 Å². The van der Waals surface area contributed by atoms with Crippen molar-refractivity contribution in [3.8, 4) is 0 Å². The van der Waals surface area contributed by atoms with E-state index in [4.69, 9.17) is 0 Å². The van der Waals surface area contributed by atoms with Gasteiger partial charge in [0.25, 0.3) is 5.91 Å². The molecule has 1 aromatic carbocycles. The number of likely N-dealkylation sites (tertiary alicyclic amines) is 1. The number of hydrogen-bond donors (Lipinski definition) is 2. The molecule has 1 aromatic rings. The van der Waals surface area contributed by atoms with E-state index < -0.39 is 0 Å². The molecule has 5 nitrogen and oxygen atoms in total. The van der Waals surface area contributed by atoms with Crippen LogP contribution in [-0.4, -0.2) is 53.0 Å². The molecule has 0 radical (unpaired) electrons. The summed E-state index contributed by atoms with van der Waals surface area (Å²) in [5, 5.41) is 6.56. The molecule has 0 saturated carbocycles. The van der Waals surface area contributed by atoms with E-state index in [0.717, 1.165) is 23.1 Å². The molecule has 26 heavy (non-hydrogen) atoms. The number of rotatable bonds is 4. The van der Waals surface area contributed by atoms with E-state index in [1.807, 2.05) is 40.9 Å². The average Bonchev–Trinajstić information content (AvgIpc) is 3.03. The second-order valence-electron chi connectivity index (χ2n) is 7.44.